The minimum Gasteiger partial charge on any atom is -0.375 e. The second-order valence-electron chi connectivity index (χ2n) is 8.77. The Labute approximate surface area is 159 Å². The summed E-state index contributed by atoms with van der Waals surface area (Å²) in [5.41, 5.74) is 3.67. The van der Waals surface area contributed by atoms with Gasteiger partial charge in [-0.15, -0.1) is 0 Å². The van der Waals surface area contributed by atoms with Crippen LogP contribution < -0.4 is 5.32 Å². The lowest BCUT2D eigenvalue weighted by Gasteiger charge is -2.37. The van der Waals surface area contributed by atoms with Gasteiger partial charge in [-0.3, -0.25) is 0 Å². The van der Waals surface area contributed by atoms with Crippen molar-refractivity contribution in [1.29, 1.82) is 0 Å². The number of hydrogen-bond donors (Lipinski definition) is 1. The molecule has 1 aromatic rings. The molecule has 3 aliphatic rings. The Bertz CT molecular complexity index is 652. The molecule has 1 heterocycles. The van der Waals surface area contributed by atoms with E-state index in [1.165, 1.54) is 57.3 Å². The topological polar surface area (TPSA) is 15.3 Å². The monoisotopic (exact) mass is 350 g/mol. The Kier molecular flexibility index (Phi) is 5.22. The van der Waals surface area contributed by atoms with Gasteiger partial charge in [0, 0.05) is 24.8 Å². The smallest absolute Gasteiger partial charge is 0.0180 e. The number of allylic oxidation sites excluding steroid dienone is 4. The molecule has 0 aromatic heterocycles. The molecule has 0 amide bonds. The third kappa shape index (κ3) is 3.76. The van der Waals surface area contributed by atoms with Crippen LogP contribution in [0.3, 0.4) is 0 Å². The number of benzene rings is 1. The largest absolute Gasteiger partial charge is 0.375 e. The van der Waals surface area contributed by atoms with E-state index in [9.17, 15) is 0 Å². The van der Waals surface area contributed by atoms with E-state index in [4.69, 9.17) is 0 Å². The van der Waals surface area contributed by atoms with Gasteiger partial charge in [-0.05, 0) is 74.5 Å². The average molecular weight is 351 g/mol. The van der Waals surface area contributed by atoms with Crippen molar-refractivity contribution in [2.45, 2.75) is 57.9 Å². The molecule has 2 nitrogen and oxygen atoms in total. The van der Waals surface area contributed by atoms with Crippen molar-refractivity contribution >= 4 is 0 Å². The first kappa shape index (κ1) is 17.9. The molecule has 3 atom stereocenters. The molecule has 0 radical (unpaired) electrons. The first-order valence-corrected chi connectivity index (χ1v) is 10.6. The lowest BCUT2D eigenvalue weighted by molar-refractivity contribution is 0.193. The molecule has 1 aromatic carbocycles. The standard InChI is InChI=1S/C24H34N2/c1-19(21-9-5-3-6-10-21)20(2)25-18-22-17-24(22)13-15-26(16-14-24)23-11-7-4-8-12-23/h3-7,9-11,19-20,22,25H,8,12-18H2,1-2H3/t19-,20+,22?/m0/s1. The molecule has 26 heavy (non-hydrogen) atoms. The Morgan fingerprint density at radius 1 is 1.15 bits per heavy atom. The maximum atomic E-state index is 3.85. The van der Waals surface area contributed by atoms with Crippen LogP contribution in [0, 0.1) is 11.3 Å². The predicted octanol–water partition coefficient (Wildman–Crippen LogP) is 5.10. The SMILES string of the molecule is C[C@H](c1ccccc1)[C@@H](C)NCC1CC12CCN(C1=CC=CCC1)CC2. The van der Waals surface area contributed by atoms with Gasteiger partial charge in [0.2, 0.25) is 0 Å². The fraction of sp³-hybridized carbons (Fsp3) is 0.583. The van der Waals surface area contributed by atoms with Gasteiger partial charge in [-0.25, -0.2) is 0 Å². The summed E-state index contributed by atoms with van der Waals surface area (Å²) in [6.07, 6.45) is 13.5. The minimum atomic E-state index is 0.536. The zero-order valence-electron chi connectivity index (χ0n) is 16.5. The zero-order valence-corrected chi connectivity index (χ0v) is 16.5. The second kappa shape index (κ2) is 7.60. The molecule has 1 saturated carbocycles. The number of rotatable bonds is 6. The van der Waals surface area contributed by atoms with Gasteiger partial charge in [0.25, 0.3) is 0 Å². The highest BCUT2D eigenvalue weighted by Gasteiger charge is 2.54. The Morgan fingerprint density at radius 2 is 1.92 bits per heavy atom. The highest BCUT2D eigenvalue weighted by Crippen LogP contribution is 2.59. The van der Waals surface area contributed by atoms with Gasteiger partial charge in [0.15, 0.2) is 0 Å². The van der Waals surface area contributed by atoms with Crippen molar-refractivity contribution < 1.29 is 0 Å². The van der Waals surface area contributed by atoms with Crippen LogP contribution in [0.25, 0.3) is 0 Å². The second-order valence-corrected chi connectivity index (χ2v) is 8.77. The molecule has 1 saturated heterocycles. The van der Waals surface area contributed by atoms with E-state index in [-0.39, 0.29) is 0 Å². The summed E-state index contributed by atoms with van der Waals surface area (Å²) in [5.74, 6) is 1.47. The molecule has 1 aliphatic heterocycles. The van der Waals surface area contributed by atoms with E-state index in [2.05, 4.69) is 72.6 Å². The van der Waals surface area contributed by atoms with Gasteiger partial charge in [-0.2, -0.15) is 0 Å². The third-order valence-corrected chi connectivity index (χ3v) is 7.28. The van der Waals surface area contributed by atoms with Crippen LogP contribution in [0.5, 0.6) is 0 Å². The first-order chi connectivity index (χ1) is 12.7. The summed E-state index contributed by atoms with van der Waals surface area (Å²) in [5, 5.41) is 3.85. The van der Waals surface area contributed by atoms with Crippen molar-refractivity contribution in [3.8, 4) is 0 Å². The molecule has 4 rings (SSSR count). The first-order valence-electron chi connectivity index (χ1n) is 10.6. The van der Waals surface area contributed by atoms with Crippen LogP contribution in [-0.2, 0) is 0 Å². The Hall–Kier alpha value is -1.54. The van der Waals surface area contributed by atoms with Crippen LogP contribution >= 0.6 is 0 Å². The van der Waals surface area contributed by atoms with Crippen LogP contribution in [0.1, 0.15) is 57.4 Å². The molecule has 1 unspecified atom stereocenters. The molecule has 2 aliphatic carbocycles. The summed E-state index contributed by atoms with van der Waals surface area (Å²) in [7, 11) is 0. The molecule has 2 fully saturated rings. The third-order valence-electron chi connectivity index (χ3n) is 7.28. The summed E-state index contributed by atoms with van der Waals surface area (Å²) in [4.78, 5) is 2.65. The summed E-state index contributed by atoms with van der Waals surface area (Å²) in [6.45, 7) is 8.43. The van der Waals surface area contributed by atoms with Crippen molar-refractivity contribution in [2.75, 3.05) is 19.6 Å². The van der Waals surface area contributed by atoms with Crippen molar-refractivity contribution in [3.05, 3.63) is 59.8 Å². The van der Waals surface area contributed by atoms with E-state index >= 15 is 0 Å². The number of piperidine rings is 1. The van der Waals surface area contributed by atoms with Crippen LogP contribution in [-0.4, -0.2) is 30.6 Å². The maximum Gasteiger partial charge on any atom is 0.0180 e. The summed E-state index contributed by atoms with van der Waals surface area (Å²) < 4.78 is 0. The van der Waals surface area contributed by atoms with Gasteiger partial charge in [0.1, 0.15) is 0 Å². The maximum absolute atomic E-state index is 3.85. The number of nitrogens with zero attached hydrogens (tertiary/aromatic N) is 1. The molecule has 2 heteroatoms. The number of likely N-dealkylation sites (tertiary alicyclic amines) is 1. The van der Waals surface area contributed by atoms with E-state index in [1.807, 2.05) is 0 Å². The fourth-order valence-electron chi connectivity index (χ4n) is 4.98. The summed E-state index contributed by atoms with van der Waals surface area (Å²) in [6, 6.07) is 11.5. The van der Waals surface area contributed by atoms with Crippen LogP contribution in [0.4, 0.5) is 0 Å². The molecular weight excluding hydrogens is 316 g/mol. The normalized spacial score (nSPS) is 26.5. The van der Waals surface area contributed by atoms with E-state index < -0.39 is 0 Å². The number of hydrogen-bond acceptors (Lipinski definition) is 2. The van der Waals surface area contributed by atoms with Crippen molar-refractivity contribution in [1.82, 2.24) is 10.2 Å². The predicted molar refractivity (Wildman–Crippen MR) is 110 cm³/mol. The van der Waals surface area contributed by atoms with Gasteiger partial charge < -0.3 is 10.2 Å². The fourth-order valence-corrected chi connectivity index (χ4v) is 4.98. The zero-order chi connectivity index (χ0) is 18.0. The molecular formula is C24H34N2. The molecule has 1 N–H and O–H groups in total. The van der Waals surface area contributed by atoms with E-state index in [1.54, 1.807) is 5.70 Å². The lowest BCUT2D eigenvalue weighted by atomic mass is 9.89. The highest BCUT2D eigenvalue weighted by atomic mass is 15.1. The van der Waals surface area contributed by atoms with E-state index in [0.717, 1.165) is 5.92 Å². The quantitative estimate of drug-likeness (QED) is 0.767. The highest BCUT2D eigenvalue weighted by molar-refractivity contribution is 5.21. The Morgan fingerprint density at radius 3 is 2.62 bits per heavy atom. The number of nitrogens with one attached hydrogen (secondary N) is 1. The van der Waals surface area contributed by atoms with Gasteiger partial charge in [0.05, 0.1) is 0 Å². The van der Waals surface area contributed by atoms with Crippen molar-refractivity contribution in [2.24, 2.45) is 11.3 Å². The van der Waals surface area contributed by atoms with Crippen LogP contribution in [0.15, 0.2) is 54.3 Å². The lowest BCUT2D eigenvalue weighted by Crippen LogP contribution is -2.37. The summed E-state index contributed by atoms with van der Waals surface area (Å²) >= 11 is 0. The van der Waals surface area contributed by atoms with Crippen LogP contribution in [0.2, 0.25) is 0 Å². The Balaban J connectivity index is 1.23. The average Bonchev–Trinajstić information content (AvgIpc) is 3.39. The molecule has 1 spiro atoms. The van der Waals surface area contributed by atoms with E-state index in [0.29, 0.717) is 17.4 Å². The molecule has 140 valence electrons. The molecule has 0 bridgehead atoms. The van der Waals surface area contributed by atoms with Crippen molar-refractivity contribution in [3.63, 3.8) is 0 Å². The van der Waals surface area contributed by atoms with Gasteiger partial charge in [-0.1, -0.05) is 49.4 Å². The van der Waals surface area contributed by atoms with Gasteiger partial charge >= 0.3 is 0 Å². The minimum absolute atomic E-state index is 0.536.